The van der Waals surface area contributed by atoms with E-state index in [1.54, 1.807) is 10.9 Å². The molecule has 5 nitrogen and oxygen atoms in total. The first kappa shape index (κ1) is 17.0. The van der Waals surface area contributed by atoms with E-state index in [0.717, 1.165) is 31.7 Å². The average Bonchev–Trinajstić information content (AvgIpc) is 3.05. The number of piperidine rings is 1. The van der Waals surface area contributed by atoms with Gasteiger partial charge in [0.15, 0.2) is 0 Å². The summed E-state index contributed by atoms with van der Waals surface area (Å²) >= 11 is 0. The second kappa shape index (κ2) is 7.81. The molecule has 1 aliphatic rings. The van der Waals surface area contributed by atoms with Gasteiger partial charge in [0, 0.05) is 32.0 Å². The number of aromatic nitrogens is 2. The van der Waals surface area contributed by atoms with E-state index in [-0.39, 0.29) is 12.2 Å². The molecule has 2 aromatic rings. The van der Waals surface area contributed by atoms with Crippen molar-refractivity contribution in [3.8, 4) is 5.75 Å². The van der Waals surface area contributed by atoms with Crippen molar-refractivity contribution in [1.82, 2.24) is 14.7 Å². The van der Waals surface area contributed by atoms with Gasteiger partial charge in [-0.1, -0.05) is 12.1 Å². The molecule has 0 aliphatic carbocycles. The molecule has 0 saturated carbocycles. The minimum atomic E-state index is -0.388. The zero-order valence-corrected chi connectivity index (χ0v) is 14.6. The second-order valence-corrected chi connectivity index (χ2v) is 6.77. The predicted octanol–water partition coefficient (Wildman–Crippen LogP) is 2.40. The van der Waals surface area contributed by atoms with Gasteiger partial charge in [0.25, 0.3) is 0 Å². The van der Waals surface area contributed by atoms with Crippen LogP contribution in [-0.2, 0) is 6.54 Å². The topological polar surface area (TPSA) is 50.5 Å². The standard InChI is InChI=1S/C19H27N3O2/c1-15-4-5-16(2)19(12-15)24-18-6-10-21(11-7-18)13-17(23)14-22-9-3-8-20-22/h3-5,8-9,12,17-18,23H,6-7,10-11,13-14H2,1-2H3. The number of benzene rings is 1. The number of ether oxygens (including phenoxy) is 1. The highest BCUT2D eigenvalue weighted by Crippen LogP contribution is 2.24. The Kier molecular flexibility index (Phi) is 5.53. The fourth-order valence-electron chi connectivity index (χ4n) is 3.20. The third kappa shape index (κ3) is 4.58. The average molecular weight is 329 g/mol. The Bertz CT molecular complexity index is 634. The quantitative estimate of drug-likeness (QED) is 0.884. The normalized spacial score (nSPS) is 17.8. The zero-order chi connectivity index (χ0) is 16.9. The molecule has 1 unspecified atom stereocenters. The molecule has 1 aromatic carbocycles. The zero-order valence-electron chi connectivity index (χ0n) is 14.6. The summed E-state index contributed by atoms with van der Waals surface area (Å²) in [5.74, 6) is 1.01. The van der Waals surface area contributed by atoms with E-state index in [2.05, 4.69) is 42.0 Å². The SMILES string of the molecule is Cc1ccc(C)c(OC2CCN(CC(O)Cn3cccn3)CC2)c1. The maximum absolute atomic E-state index is 10.2. The van der Waals surface area contributed by atoms with Crippen LogP contribution in [0, 0.1) is 13.8 Å². The third-order valence-electron chi connectivity index (χ3n) is 4.60. The van der Waals surface area contributed by atoms with E-state index in [4.69, 9.17) is 4.74 Å². The second-order valence-electron chi connectivity index (χ2n) is 6.77. The van der Waals surface area contributed by atoms with Gasteiger partial charge >= 0.3 is 0 Å². The lowest BCUT2D eigenvalue weighted by Gasteiger charge is -2.33. The Morgan fingerprint density at radius 2 is 2.04 bits per heavy atom. The molecule has 5 heteroatoms. The molecular weight excluding hydrogens is 302 g/mol. The van der Waals surface area contributed by atoms with Gasteiger partial charge in [0.1, 0.15) is 11.9 Å². The van der Waals surface area contributed by atoms with Gasteiger partial charge in [0.05, 0.1) is 12.6 Å². The summed E-state index contributed by atoms with van der Waals surface area (Å²) in [5.41, 5.74) is 2.42. The Hall–Kier alpha value is -1.85. The highest BCUT2D eigenvalue weighted by atomic mass is 16.5. The molecule has 24 heavy (non-hydrogen) atoms. The predicted molar refractivity (Wildman–Crippen MR) is 94.2 cm³/mol. The van der Waals surface area contributed by atoms with Crippen molar-refractivity contribution < 1.29 is 9.84 Å². The Balaban J connectivity index is 1.44. The number of hydrogen-bond acceptors (Lipinski definition) is 4. The maximum Gasteiger partial charge on any atom is 0.122 e. The van der Waals surface area contributed by atoms with Gasteiger partial charge in [-0.2, -0.15) is 5.10 Å². The largest absolute Gasteiger partial charge is 0.490 e. The molecule has 1 aromatic heterocycles. The molecule has 130 valence electrons. The Morgan fingerprint density at radius 1 is 1.25 bits per heavy atom. The van der Waals surface area contributed by atoms with Crippen molar-refractivity contribution in [2.45, 2.75) is 45.4 Å². The van der Waals surface area contributed by atoms with Gasteiger partial charge in [-0.3, -0.25) is 4.68 Å². The summed E-state index contributed by atoms with van der Waals surface area (Å²) in [6, 6.07) is 8.23. The number of hydrogen-bond donors (Lipinski definition) is 1. The molecule has 1 fully saturated rings. The number of nitrogens with zero attached hydrogens (tertiary/aromatic N) is 3. The van der Waals surface area contributed by atoms with E-state index >= 15 is 0 Å². The summed E-state index contributed by atoms with van der Waals surface area (Å²) in [4.78, 5) is 2.32. The lowest BCUT2D eigenvalue weighted by molar-refractivity contribution is 0.0532. The van der Waals surface area contributed by atoms with Crippen molar-refractivity contribution >= 4 is 0 Å². The molecule has 1 aliphatic heterocycles. The lowest BCUT2D eigenvalue weighted by atomic mass is 10.1. The van der Waals surface area contributed by atoms with Gasteiger partial charge in [-0.15, -0.1) is 0 Å². The van der Waals surface area contributed by atoms with Crippen LogP contribution in [0.15, 0.2) is 36.7 Å². The summed E-state index contributed by atoms with van der Waals surface area (Å²) in [5, 5.41) is 14.3. The van der Waals surface area contributed by atoms with E-state index in [1.807, 2.05) is 12.3 Å². The van der Waals surface area contributed by atoms with E-state index in [9.17, 15) is 5.11 Å². The molecule has 0 amide bonds. The van der Waals surface area contributed by atoms with E-state index < -0.39 is 0 Å². The first-order chi connectivity index (χ1) is 11.6. The summed E-state index contributed by atoms with van der Waals surface area (Å²) in [7, 11) is 0. The number of aryl methyl sites for hydroxylation is 2. The van der Waals surface area contributed by atoms with Crippen LogP contribution < -0.4 is 4.74 Å². The van der Waals surface area contributed by atoms with Crippen molar-refractivity contribution in [3.63, 3.8) is 0 Å². The van der Waals surface area contributed by atoms with Crippen molar-refractivity contribution in [2.75, 3.05) is 19.6 Å². The van der Waals surface area contributed by atoms with Crippen LogP contribution in [0.3, 0.4) is 0 Å². The van der Waals surface area contributed by atoms with Crippen LogP contribution in [0.25, 0.3) is 0 Å². The molecule has 0 bridgehead atoms. The first-order valence-electron chi connectivity index (χ1n) is 8.72. The lowest BCUT2D eigenvalue weighted by Crippen LogP contribution is -2.42. The van der Waals surface area contributed by atoms with Crippen molar-refractivity contribution in [1.29, 1.82) is 0 Å². The van der Waals surface area contributed by atoms with Crippen molar-refractivity contribution in [2.24, 2.45) is 0 Å². The maximum atomic E-state index is 10.2. The number of aliphatic hydroxyl groups excluding tert-OH is 1. The molecule has 0 radical (unpaired) electrons. The molecule has 3 rings (SSSR count). The summed E-state index contributed by atoms with van der Waals surface area (Å²) in [6.45, 7) is 7.35. The van der Waals surface area contributed by atoms with Gasteiger partial charge in [-0.25, -0.2) is 0 Å². The van der Waals surface area contributed by atoms with E-state index in [0.29, 0.717) is 13.1 Å². The smallest absolute Gasteiger partial charge is 0.122 e. The third-order valence-corrected chi connectivity index (χ3v) is 4.60. The fourth-order valence-corrected chi connectivity index (χ4v) is 3.20. The first-order valence-corrected chi connectivity index (χ1v) is 8.72. The van der Waals surface area contributed by atoms with Crippen LogP contribution >= 0.6 is 0 Å². The Labute approximate surface area is 143 Å². The number of β-amino-alcohol motifs (C(OH)–C–C–N with tert-alkyl or cyclic N) is 1. The number of aliphatic hydroxyl groups is 1. The van der Waals surface area contributed by atoms with E-state index in [1.165, 1.54) is 11.1 Å². The van der Waals surface area contributed by atoms with Crippen LogP contribution in [0.2, 0.25) is 0 Å². The molecule has 2 heterocycles. The van der Waals surface area contributed by atoms with Crippen LogP contribution in [0.5, 0.6) is 5.75 Å². The Morgan fingerprint density at radius 3 is 2.75 bits per heavy atom. The molecular formula is C19H27N3O2. The van der Waals surface area contributed by atoms with Crippen LogP contribution in [0.1, 0.15) is 24.0 Å². The van der Waals surface area contributed by atoms with Gasteiger partial charge in [0.2, 0.25) is 0 Å². The molecule has 0 spiro atoms. The number of likely N-dealkylation sites (tertiary alicyclic amines) is 1. The fraction of sp³-hybridized carbons (Fsp3) is 0.526. The van der Waals surface area contributed by atoms with Gasteiger partial charge in [-0.05, 0) is 49.9 Å². The highest BCUT2D eigenvalue weighted by molar-refractivity contribution is 5.36. The highest BCUT2D eigenvalue weighted by Gasteiger charge is 2.22. The molecule has 1 saturated heterocycles. The molecule has 1 N–H and O–H groups in total. The monoisotopic (exact) mass is 329 g/mol. The number of rotatable bonds is 6. The van der Waals surface area contributed by atoms with Crippen LogP contribution in [0.4, 0.5) is 0 Å². The summed E-state index contributed by atoms with van der Waals surface area (Å²) < 4.78 is 7.98. The van der Waals surface area contributed by atoms with Crippen molar-refractivity contribution in [3.05, 3.63) is 47.8 Å². The van der Waals surface area contributed by atoms with Crippen LogP contribution in [-0.4, -0.2) is 51.6 Å². The summed E-state index contributed by atoms with van der Waals surface area (Å²) in [6.07, 6.45) is 5.51. The minimum absolute atomic E-state index is 0.269. The van der Waals surface area contributed by atoms with Gasteiger partial charge < -0.3 is 14.7 Å². The molecule has 1 atom stereocenters. The minimum Gasteiger partial charge on any atom is -0.490 e.